The summed E-state index contributed by atoms with van der Waals surface area (Å²) < 4.78 is 21.7. The smallest absolute Gasteiger partial charge is 0.416 e. The number of ether oxygens (including phenoxy) is 1. The number of halogens is 2. The number of benzene rings is 2. The zero-order chi connectivity index (χ0) is 23.2. The molecule has 1 atom stereocenters. The standard InChI is InChI=1S/C23H15ClFN7O2/c24-17-4-2-1-3-14(17)19-11-34-23(33)32(19)20-7-8-31-22(29-20)16(10-28-31)13-5-6-15(18(25)9-13)21-26-12-27-30-21/h1-10,12,19H,11H2,(H,26,27,30)/t19-/m1/s1. The molecule has 0 unspecified atom stereocenters. The van der Waals surface area contributed by atoms with Gasteiger partial charge in [-0.15, -0.1) is 0 Å². The van der Waals surface area contributed by atoms with E-state index in [2.05, 4.69) is 25.3 Å². The second-order valence-corrected chi connectivity index (χ2v) is 8.03. The van der Waals surface area contributed by atoms with Gasteiger partial charge in [-0.05, 0) is 35.4 Å². The summed E-state index contributed by atoms with van der Waals surface area (Å²) in [6.45, 7) is 0.149. The third kappa shape index (κ3) is 3.27. The molecule has 3 aromatic heterocycles. The van der Waals surface area contributed by atoms with Gasteiger partial charge >= 0.3 is 6.09 Å². The van der Waals surface area contributed by atoms with Crippen LogP contribution in [0.1, 0.15) is 11.6 Å². The lowest BCUT2D eigenvalue weighted by Gasteiger charge is -2.21. The SMILES string of the molecule is O=C1OC[C@H](c2ccccc2Cl)N1c1ccn2ncc(-c3ccc(-c4ncn[nH]4)c(F)c3)c2n1. The molecule has 11 heteroatoms. The summed E-state index contributed by atoms with van der Waals surface area (Å²) >= 11 is 6.38. The summed E-state index contributed by atoms with van der Waals surface area (Å²) in [4.78, 5) is 22.8. The molecule has 1 saturated heterocycles. The van der Waals surface area contributed by atoms with E-state index in [0.717, 1.165) is 5.56 Å². The number of carbonyl (C=O) groups is 1. The van der Waals surface area contributed by atoms with Crippen LogP contribution >= 0.6 is 11.6 Å². The highest BCUT2D eigenvalue weighted by molar-refractivity contribution is 6.31. The summed E-state index contributed by atoms with van der Waals surface area (Å²) in [5.41, 5.74) is 2.70. The van der Waals surface area contributed by atoms with Crippen molar-refractivity contribution in [2.24, 2.45) is 0 Å². The van der Waals surface area contributed by atoms with Crippen LogP contribution in [0.15, 0.2) is 67.3 Å². The maximum Gasteiger partial charge on any atom is 0.416 e. The van der Waals surface area contributed by atoms with Gasteiger partial charge in [0, 0.05) is 16.8 Å². The van der Waals surface area contributed by atoms with Crippen LogP contribution in [0.4, 0.5) is 15.0 Å². The number of hydrogen-bond acceptors (Lipinski definition) is 6. The van der Waals surface area contributed by atoms with Gasteiger partial charge in [-0.3, -0.25) is 10.00 Å². The highest BCUT2D eigenvalue weighted by atomic mass is 35.5. The topological polar surface area (TPSA) is 101 Å². The molecule has 34 heavy (non-hydrogen) atoms. The first-order valence-corrected chi connectivity index (χ1v) is 10.7. The molecule has 0 saturated carbocycles. The third-order valence-corrected chi connectivity index (χ3v) is 6.03. The minimum atomic E-state index is -0.523. The molecule has 0 spiro atoms. The Morgan fingerprint density at radius 1 is 1.15 bits per heavy atom. The first kappa shape index (κ1) is 20.3. The lowest BCUT2D eigenvalue weighted by Crippen LogP contribution is -2.28. The predicted molar refractivity (Wildman–Crippen MR) is 122 cm³/mol. The Labute approximate surface area is 196 Å². The number of carbonyl (C=O) groups excluding carboxylic acids is 1. The Morgan fingerprint density at radius 3 is 2.82 bits per heavy atom. The number of fused-ring (bicyclic) bond motifs is 1. The van der Waals surface area contributed by atoms with Gasteiger partial charge in [0.2, 0.25) is 0 Å². The van der Waals surface area contributed by atoms with E-state index in [1.165, 1.54) is 17.3 Å². The van der Waals surface area contributed by atoms with Gasteiger partial charge in [-0.2, -0.15) is 10.2 Å². The predicted octanol–water partition coefficient (Wildman–Crippen LogP) is 4.67. The van der Waals surface area contributed by atoms with Gasteiger partial charge in [0.15, 0.2) is 11.5 Å². The van der Waals surface area contributed by atoms with Gasteiger partial charge in [-0.25, -0.2) is 23.7 Å². The van der Waals surface area contributed by atoms with Crippen LogP contribution in [0.3, 0.4) is 0 Å². The molecule has 9 nitrogen and oxygen atoms in total. The number of aromatic amines is 1. The number of amides is 1. The molecular weight excluding hydrogens is 461 g/mol. The highest BCUT2D eigenvalue weighted by Crippen LogP contribution is 2.36. The van der Waals surface area contributed by atoms with Crippen LogP contribution in [0.25, 0.3) is 28.2 Å². The number of hydrogen-bond donors (Lipinski definition) is 1. The molecule has 6 rings (SSSR count). The number of H-pyrrole nitrogens is 1. The van der Waals surface area contributed by atoms with E-state index < -0.39 is 18.0 Å². The van der Waals surface area contributed by atoms with Crippen LogP contribution in [-0.2, 0) is 4.74 Å². The van der Waals surface area contributed by atoms with Crippen molar-refractivity contribution in [2.75, 3.05) is 11.5 Å². The van der Waals surface area contributed by atoms with Gasteiger partial charge in [0.1, 0.15) is 30.6 Å². The van der Waals surface area contributed by atoms with Crippen molar-refractivity contribution in [1.29, 1.82) is 0 Å². The fourth-order valence-corrected chi connectivity index (χ4v) is 4.32. The Bertz CT molecular complexity index is 1540. The molecule has 168 valence electrons. The molecular formula is C23H15ClFN7O2. The summed E-state index contributed by atoms with van der Waals surface area (Å²) in [5, 5.41) is 11.3. The summed E-state index contributed by atoms with van der Waals surface area (Å²) in [6.07, 6.45) is 4.09. The number of nitrogens with one attached hydrogen (secondary N) is 1. The summed E-state index contributed by atoms with van der Waals surface area (Å²) in [7, 11) is 0. The first-order valence-electron chi connectivity index (χ1n) is 10.3. The second-order valence-electron chi connectivity index (χ2n) is 7.63. The van der Waals surface area contributed by atoms with Crippen LogP contribution in [0.2, 0.25) is 5.02 Å². The molecule has 1 aliphatic rings. The van der Waals surface area contributed by atoms with Crippen molar-refractivity contribution in [3.8, 4) is 22.5 Å². The Kier molecular flexibility index (Phi) is 4.73. The molecule has 5 aromatic rings. The minimum absolute atomic E-state index is 0.149. The maximum absolute atomic E-state index is 14.8. The quantitative estimate of drug-likeness (QED) is 0.405. The monoisotopic (exact) mass is 475 g/mol. The van der Waals surface area contributed by atoms with Crippen molar-refractivity contribution in [3.63, 3.8) is 0 Å². The Hall–Kier alpha value is -4.31. The normalized spacial score (nSPS) is 15.8. The van der Waals surface area contributed by atoms with E-state index in [1.54, 1.807) is 41.2 Å². The van der Waals surface area contributed by atoms with Crippen LogP contribution in [0.5, 0.6) is 0 Å². The van der Waals surface area contributed by atoms with Crippen LogP contribution in [0, 0.1) is 5.82 Å². The molecule has 1 amide bonds. The number of rotatable bonds is 4. The molecule has 1 aliphatic heterocycles. The Morgan fingerprint density at radius 2 is 2.03 bits per heavy atom. The molecule has 0 radical (unpaired) electrons. The van der Waals surface area contributed by atoms with E-state index in [-0.39, 0.29) is 6.61 Å². The number of anilines is 1. The van der Waals surface area contributed by atoms with Crippen molar-refractivity contribution in [1.82, 2.24) is 29.8 Å². The molecule has 1 N–H and O–H groups in total. The number of cyclic esters (lactones) is 1. The van der Waals surface area contributed by atoms with E-state index in [0.29, 0.717) is 39.0 Å². The molecule has 0 aliphatic carbocycles. The summed E-state index contributed by atoms with van der Waals surface area (Å²) in [6, 6.07) is 13.3. The van der Waals surface area contributed by atoms with Crippen molar-refractivity contribution in [3.05, 3.63) is 83.7 Å². The van der Waals surface area contributed by atoms with E-state index in [9.17, 15) is 9.18 Å². The highest BCUT2D eigenvalue weighted by Gasteiger charge is 2.37. The third-order valence-electron chi connectivity index (χ3n) is 5.69. The number of nitrogens with zero attached hydrogens (tertiary/aromatic N) is 6. The van der Waals surface area contributed by atoms with Crippen LogP contribution < -0.4 is 4.90 Å². The molecule has 0 bridgehead atoms. The minimum Gasteiger partial charge on any atom is -0.447 e. The van der Waals surface area contributed by atoms with Crippen molar-refractivity contribution >= 4 is 29.2 Å². The van der Waals surface area contributed by atoms with E-state index in [1.807, 2.05) is 18.2 Å². The lowest BCUT2D eigenvalue weighted by atomic mass is 10.1. The fraction of sp³-hybridized carbons (Fsp3) is 0.0870. The fourth-order valence-electron chi connectivity index (χ4n) is 4.06. The van der Waals surface area contributed by atoms with Crippen molar-refractivity contribution in [2.45, 2.75) is 6.04 Å². The average molecular weight is 476 g/mol. The number of aromatic nitrogens is 6. The molecule has 1 fully saturated rings. The van der Waals surface area contributed by atoms with Gasteiger partial charge in [-0.1, -0.05) is 35.9 Å². The van der Waals surface area contributed by atoms with Crippen LogP contribution in [-0.4, -0.2) is 42.5 Å². The van der Waals surface area contributed by atoms with E-state index >= 15 is 0 Å². The first-order chi connectivity index (χ1) is 16.6. The van der Waals surface area contributed by atoms with Crippen molar-refractivity contribution < 1.29 is 13.9 Å². The second kappa shape index (κ2) is 7.92. The van der Waals surface area contributed by atoms with Gasteiger partial charge < -0.3 is 4.74 Å². The Balaban J connectivity index is 1.42. The van der Waals surface area contributed by atoms with Gasteiger partial charge in [0.05, 0.1) is 11.8 Å². The maximum atomic E-state index is 14.8. The zero-order valence-electron chi connectivity index (χ0n) is 17.4. The largest absolute Gasteiger partial charge is 0.447 e. The average Bonchev–Trinajstić information content (AvgIpc) is 3.59. The molecule has 2 aromatic carbocycles. The lowest BCUT2D eigenvalue weighted by molar-refractivity contribution is 0.179. The zero-order valence-corrected chi connectivity index (χ0v) is 18.1. The van der Waals surface area contributed by atoms with Gasteiger partial charge in [0.25, 0.3) is 0 Å². The summed E-state index contributed by atoms with van der Waals surface area (Å²) in [5.74, 6) is 0.245. The van der Waals surface area contributed by atoms with E-state index in [4.69, 9.17) is 16.3 Å². The molecule has 4 heterocycles.